The molecule has 27 heavy (non-hydrogen) atoms. The van der Waals surface area contributed by atoms with Gasteiger partial charge in [0.25, 0.3) is 0 Å². The molecule has 0 radical (unpaired) electrons. The third-order valence-electron chi connectivity index (χ3n) is 4.18. The van der Waals surface area contributed by atoms with Gasteiger partial charge in [0.2, 0.25) is 5.78 Å². The molecule has 0 aliphatic carbocycles. The number of hydrogen-bond acceptors (Lipinski definition) is 2. The molecule has 2 aromatic heterocycles. The van der Waals surface area contributed by atoms with Crippen LogP contribution in [0, 0.1) is 23.3 Å². The third kappa shape index (κ3) is 2.87. The van der Waals surface area contributed by atoms with Crippen LogP contribution in [-0.4, -0.2) is 15.8 Å². The van der Waals surface area contributed by atoms with E-state index in [9.17, 15) is 22.4 Å². The lowest BCUT2D eigenvalue weighted by Crippen LogP contribution is -2.07. The normalized spacial score (nSPS) is 11.1. The highest BCUT2D eigenvalue weighted by Crippen LogP contribution is 2.32. The zero-order chi connectivity index (χ0) is 19.1. The Morgan fingerprint density at radius 1 is 0.926 bits per heavy atom. The van der Waals surface area contributed by atoms with E-state index >= 15 is 0 Å². The number of carbonyl (C=O) groups is 1. The van der Waals surface area contributed by atoms with Gasteiger partial charge in [-0.1, -0.05) is 6.07 Å². The van der Waals surface area contributed by atoms with Crippen molar-refractivity contribution >= 4 is 16.8 Å². The molecule has 0 aliphatic heterocycles. The van der Waals surface area contributed by atoms with Gasteiger partial charge in [-0.15, -0.1) is 0 Å². The Bertz CT molecular complexity index is 1160. The standard InChI is InChI=1S/C20H10F4N2O/c21-11-6-10(7-12(22)8-11)13-4-5-25-20-17(13)14(9-26-20)19(27)18-15(23)2-1-3-16(18)24/h1-9H,(H,25,26). The number of nitrogens with zero attached hydrogens (tertiary/aromatic N) is 1. The highest BCUT2D eigenvalue weighted by molar-refractivity contribution is 6.18. The average molecular weight is 370 g/mol. The second kappa shape index (κ2) is 6.35. The van der Waals surface area contributed by atoms with Crippen LogP contribution in [0.1, 0.15) is 15.9 Å². The van der Waals surface area contributed by atoms with Gasteiger partial charge in [0.15, 0.2) is 0 Å². The smallest absolute Gasteiger partial charge is 0.201 e. The lowest BCUT2D eigenvalue weighted by Gasteiger charge is -2.08. The maximum atomic E-state index is 14.0. The minimum atomic E-state index is -1.00. The summed E-state index contributed by atoms with van der Waals surface area (Å²) in [7, 11) is 0. The minimum Gasteiger partial charge on any atom is -0.345 e. The second-order valence-corrected chi connectivity index (χ2v) is 5.87. The Balaban J connectivity index is 1.97. The fourth-order valence-corrected chi connectivity index (χ4v) is 3.03. The van der Waals surface area contributed by atoms with Crippen LogP contribution >= 0.6 is 0 Å². The van der Waals surface area contributed by atoms with Crippen molar-refractivity contribution in [2.75, 3.05) is 0 Å². The number of carbonyl (C=O) groups excluding carboxylic acids is 1. The summed E-state index contributed by atoms with van der Waals surface area (Å²) in [5.41, 5.74) is -0.0417. The molecule has 0 atom stereocenters. The summed E-state index contributed by atoms with van der Waals surface area (Å²) in [5.74, 6) is -4.49. The Hall–Kier alpha value is -3.48. The largest absolute Gasteiger partial charge is 0.345 e. The zero-order valence-electron chi connectivity index (χ0n) is 13.6. The monoisotopic (exact) mass is 370 g/mol. The van der Waals surface area contributed by atoms with Crippen LogP contribution in [-0.2, 0) is 0 Å². The van der Waals surface area contributed by atoms with Crippen molar-refractivity contribution in [1.29, 1.82) is 0 Å². The molecular formula is C20H10F4N2O. The first-order valence-corrected chi connectivity index (χ1v) is 7.87. The van der Waals surface area contributed by atoms with Crippen LogP contribution in [0.2, 0.25) is 0 Å². The molecule has 0 saturated heterocycles. The quantitative estimate of drug-likeness (QED) is 0.407. The number of halogens is 4. The van der Waals surface area contributed by atoms with Crippen LogP contribution in [0.4, 0.5) is 17.6 Å². The number of ketones is 1. The highest BCUT2D eigenvalue weighted by atomic mass is 19.1. The van der Waals surface area contributed by atoms with Gasteiger partial charge in [0, 0.05) is 23.8 Å². The van der Waals surface area contributed by atoms with Gasteiger partial charge in [0.1, 0.15) is 28.9 Å². The number of benzene rings is 2. The molecule has 7 heteroatoms. The second-order valence-electron chi connectivity index (χ2n) is 5.87. The number of nitrogens with one attached hydrogen (secondary N) is 1. The average Bonchev–Trinajstić information content (AvgIpc) is 3.04. The number of pyridine rings is 1. The van der Waals surface area contributed by atoms with Crippen molar-refractivity contribution in [3.05, 3.63) is 89.3 Å². The molecule has 1 N–H and O–H groups in total. The van der Waals surface area contributed by atoms with Crippen molar-refractivity contribution in [2.24, 2.45) is 0 Å². The summed E-state index contributed by atoms with van der Waals surface area (Å²) in [6, 6.07) is 7.50. The van der Waals surface area contributed by atoms with Gasteiger partial charge in [-0.05, 0) is 41.5 Å². The molecule has 0 spiro atoms. The van der Waals surface area contributed by atoms with Gasteiger partial charge in [-0.2, -0.15) is 0 Å². The van der Waals surface area contributed by atoms with Gasteiger partial charge in [-0.3, -0.25) is 4.79 Å². The predicted molar refractivity (Wildman–Crippen MR) is 91.2 cm³/mol. The highest BCUT2D eigenvalue weighted by Gasteiger charge is 2.23. The molecule has 0 unspecified atom stereocenters. The lowest BCUT2D eigenvalue weighted by molar-refractivity contribution is 0.103. The zero-order valence-corrected chi connectivity index (χ0v) is 13.6. The Kier molecular flexibility index (Phi) is 3.99. The number of aromatic nitrogens is 2. The SMILES string of the molecule is O=C(c1c(F)cccc1F)c1c[nH]c2nccc(-c3cc(F)cc(F)c3)c12. The molecule has 0 fully saturated rings. The summed E-state index contributed by atoms with van der Waals surface area (Å²) in [6.45, 7) is 0. The van der Waals surface area contributed by atoms with Crippen LogP contribution < -0.4 is 0 Å². The van der Waals surface area contributed by atoms with Gasteiger partial charge < -0.3 is 4.98 Å². The molecule has 4 rings (SSSR count). The lowest BCUT2D eigenvalue weighted by atomic mass is 9.96. The van der Waals surface area contributed by atoms with Crippen molar-refractivity contribution in [2.45, 2.75) is 0 Å². The summed E-state index contributed by atoms with van der Waals surface area (Å²) < 4.78 is 55.4. The molecule has 4 aromatic rings. The number of rotatable bonds is 3. The molecule has 2 heterocycles. The summed E-state index contributed by atoms with van der Waals surface area (Å²) in [4.78, 5) is 19.6. The topological polar surface area (TPSA) is 45.8 Å². The summed E-state index contributed by atoms with van der Waals surface area (Å²) in [6.07, 6.45) is 2.67. The van der Waals surface area contributed by atoms with E-state index in [1.165, 1.54) is 18.5 Å². The van der Waals surface area contributed by atoms with Crippen LogP contribution in [0.25, 0.3) is 22.2 Å². The molecule has 0 aliphatic rings. The van der Waals surface area contributed by atoms with Crippen molar-refractivity contribution in [1.82, 2.24) is 9.97 Å². The molecule has 0 saturated carbocycles. The van der Waals surface area contributed by atoms with E-state index in [2.05, 4.69) is 9.97 Å². The molecule has 0 bridgehead atoms. The van der Waals surface area contributed by atoms with Gasteiger partial charge in [0.05, 0.1) is 11.1 Å². The maximum Gasteiger partial charge on any atom is 0.201 e. The number of hydrogen-bond donors (Lipinski definition) is 1. The first-order chi connectivity index (χ1) is 13.0. The third-order valence-corrected chi connectivity index (χ3v) is 4.18. The first kappa shape index (κ1) is 17.0. The van der Waals surface area contributed by atoms with Gasteiger partial charge in [-0.25, -0.2) is 22.5 Å². The molecule has 3 nitrogen and oxygen atoms in total. The fourth-order valence-electron chi connectivity index (χ4n) is 3.03. The summed E-state index contributed by atoms with van der Waals surface area (Å²) in [5, 5.41) is 0.218. The number of fused-ring (bicyclic) bond motifs is 1. The molecule has 134 valence electrons. The first-order valence-electron chi connectivity index (χ1n) is 7.87. The molecular weight excluding hydrogens is 360 g/mol. The Labute approximate surface area is 150 Å². The van der Waals surface area contributed by atoms with Crippen LogP contribution in [0.5, 0.6) is 0 Å². The van der Waals surface area contributed by atoms with Crippen LogP contribution in [0.15, 0.2) is 54.9 Å². The van der Waals surface area contributed by atoms with E-state index < -0.39 is 34.6 Å². The van der Waals surface area contributed by atoms with E-state index in [4.69, 9.17) is 0 Å². The Morgan fingerprint density at radius 3 is 2.26 bits per heavy atom. The van der Waals surface area contributed by atoms with E-state index in [1.54, 1.807) is 0 Å². The van der Waals surface area contributed by atoms with E-state index in [1.807, 2.05) is 0 Å². The minimum absolute atomic E-state index is 0.0539. The van der Waals surface area contributed by atoms with E-state index in [0.29, 0.717) is 5.56 Å². The van der Waals surface area contributed by atoms with E-state index in [-0.39, 0.29) is 22.2 Å². The van der Waals surface area contributed by atoms with Crippen LogP contribution in [0.3, 0.4) is 0 Å². The molecule has 2 aromatic carbocycles. The van der Waals surface area contributed by atoms with E-state index in [0.717, 1.165) is 36.4 Å². The molecule has 0 amide bonds. The fraction of sp³-hybridized carbons (Fsp3) is 0. The Morgan fingerprint density at radius 2 is 1.59 bits per heavy atom. The van der Waals surface area contributed by atoms with Crippen molar-refractivity contribution in [3.8, 4) is 11.1 Å². The number of H-pyrrole nitrogens is 1. The summed E-state index contributed by atoms with van der Waals surface area (Å²) >= 11 is 0. The maximum absolute atomic E-state index is 14.0. The van der Waals surface area contributed by atoms with Crippen molar-refractivity contribution in [3.63, 3.8) is 0 Å². The predicted octanol–water partition coefficient (Wildman–Crippen LogP) is 5.02. The van der Waals surface area contributed by atoms with Crippen molar-refractivity contribution < 1.29 is 22.4 Å². The van der Waals surface area contributed by atoms with Gasteiger partial charge >= 0.3 is 0 Å². The number of aromatic amines is 1.